The van der Waals surface area contributed by atoms with Crippen LogP contribution in [0.2, 0.25) is 0 Å². The molecule has 2 atom stereocenters. The van der Waals surface area contributed by atoms with Crippen LogP contribution >= 0.6 is 12.2 Å². The molecule has 1 fully saturated rings. The maximum atomic E-state index is 14.0. The van der Waals surface area contributed by atoms with E-state index in [1.54, 1.807) is 30.6 Å². The van der Waals surface area contributed by atoms with Crippen molar-refractivity contribution in [3.05, 3.63) is 114 Å². The monoisotopic (exact) mass is 500 g/mol. The van der Waals surface area contributed by atoms with Crippen LogP contribution in [0.15, 0.2) is 91.4 Å². The van der Waals surface area contributed by atoms with E-state index in [2.05, 4.69) is 31.2 Å². The fraction of sp³-hybridized carbons (Fsp3) is 0.185. The van der Waals surface area contributed by atoms with Crippen LogP contribution in [0.3, 0.4) is 0 Å². The summed E-state index contributed by atoms with van der Waals surface area (Å²) in [6, 6.07) is 21.4. The average molecular weight is 501 g/mol. The van der Waals surface area contributed by atoms with E-state index in [-0.39, 0.29) is 30.1 Å². The second kappa shape index (κ2) is 10.7. The van der Waals surface area contributed by atoms with Crippen LogP contribution in [-0.4, -0.2) is 37.0 Å². The van der Waals surface area contributed by atoms with E-state index in [0.29, 0.717) is 18.2 Å². The molecule has 0 unspecified atom stereocenters. The van der Waals surface area contributed by atoms with Gasteiger partial charge in [-0.1, -0.05) is 24.3 Å². The first-order chi connectivity index (χ1) is 17.6. The van der Waals surface area contributed by atoms with Crippen molar-refractivity contribution < 1.29 is 9.18 Å². The van der Waals surface area contributed by atoms with E-state index in [4.69, 9.17) is 12.2 Å². The van der Waals surface area contributed by atoms with Gasteiger partial charge in [0, 0.05) is 37.3 Å². The zero-order valence-corrected chi connectivity index (χ0v) is 20.2. The summed E-state index contributed by atoms with van der Waals surface area (Å²) in [5.41, 5.74) is 2.98. The van der Waals surface area contributed by atoms with Crippen molar-refractivity contribution in [3.8, 4) is 0 Å². The van der Waals surface area contributed by atoms with Crippen molar-refractivity contribution in [3.63, 3.8) is 0 Å². The molecule has 5 rings (SSSR count). The van der Waals surface area contributed by atoms with Gasteiger partial charge in [0.15, 0.2) is 5.11 Å². The Hall–Kier alpha value is -4.11. The van der Waals surface area contributed by atoms with Gasteiger partial charge in [-0.15, -0.1) is 0 Å². The highest BCUT2D eigenvalue weighted by Gasteiger charge is 2.41. The predicted molar refractivity (Wildman–Crippen MR) is 140 cm³/mol. The number of amides is 1. The Balaban J connectivity index is 1.40. The third kappa shape index (κ3) is 5.11. The molecule has 0 radical (unpaired) electrons. The summed E-state index contributed by atoms with van der Waals surface area (Å²) in [4.78, 5) is 23.7. The van der Waals surface area contributed by atoms with Gasteiger partial charge in [-0.05, 0) is 60.7 Å². The first-order valence-electron chi connectivity index (χ1n) is 11.7. The standard InChI is InChI=1S/C27H25FN6OS/c28-20-9-1-2-10-21(20)31-24(35)13-17-34-26(25(32-27(34)36)22-11-4-6-15-30-22)23-12-7-16-33(23)18-19-8-3-5-14-29-19/h1-12,14-16,25-26H,13,17-18H2,(H,31,35)(H,32,36)/t25-,26-/m1/s1. The van der Waals surface area contributed by atoms with Crippen molar-refractivity contribution in [2.24, 2.45) is 0 Å². The van der Waals surface area contributed by atoms with Crippen molar-refractivity contribution >= 4 is 28.9 Å². The zero-order valence-electron chi connectivity index (χ0n) is 19.4. The second-order valence-corrected chi connectivity index (χ2v) is 8.87. The molecule has 1 amide bonds. The van der Waals surface area contributed by atoms with E-state index in [1.165, 1.54) is 6.07 Å². The largest absolute Gasteiger partial charge is 0.352 e. The lowest BCUT2D eigenvalue weighted by Gasteiger charge is -2.28. The normalized spacial score (nSPS) is 17.1. The van der Waals surface area contributed by atoms with E-state index in [9.17, 15) is 9.18 Å². The molecule has 0 spiro atoms. The van der Waals surface area contributed by atoms with Gasteiger partial charge in [0.1, 0.15) is 5.82 Å². The number of carbonyl (C=O) groups is 1. The first kappa shape index (κ1) is 23.6. The van der Waals surface area contributed by atoms with Crippen LogP contribution in [0.1, 0.15) is 35.6 Å². The summed E-state index contributed by atoms with van der Waals surface area (Å²) < 4.78 is 16.1. The molecular formula is C27H25FN6OS. The predicted octanol–water partition coefficient (Wildman–Crippen LogP) is 4.47. The SMILES string of the molecule is O=C(CCN1C(=S)N[C@H](c2ccccn2)[C@H]1c1cccn1Cc1ccccn1)Nc1ccccc1F. The number of rotatable bonds is 8. The summed E-state index contributed by atoms with van der Waals surface area (Å²) in [5.74, 6) is -0.753. The maximum Gasteiger partial charge on any atom is 0.226 e. The third-order valence-electron chi connectivity index (χ3n) is 6.15. The van der Waals surface area contributed by atoms with Gasteiger partial charge >= 0.3 is 0 Å². The summed E-state index contributed by atoms with van der Waals surface area (Å²) in [6.45, 7) is 0.956. The molecule has 36 heavy (non-hydrogen) atoms. The van der Waals surface area contributed by atoms with Crippen LogP contribution < -0.4 is 10.6 Å². The number of para-hydroxylation sites is 1. The lowest BCUT2D eigenvalue weighted by Crippen LogP contribution is -2.33. The molecule has 9 heteroatoms. The molecule has 4 aromatic rings. The molecule has 7 nitrogen and oxygen atoms in total. The minimum Gasteiger partial charge on any atom is -0.352 e. The minimum atomic E-state index is -0.468. The van der Waals surface area contributed by atoms with Gasteiger partial charge < -0.3 is 20.1 Å². The molecule has 1 aromatic carbocycles. The summed E-state index contributed by atoms with van der Waals surface area (Å²) >= 11 is 5.72. The van der Waals surface area contributed by atoms with E-state index in [0.717, 1.165) is 17.1 Å². The van der Waals surface area contributed by atoms with Crippen molar-refractivity contribution in [2.45, 2.75) is 25.0 Å². The number of benzene rings is 1. The Morgan fingerprint density at radius 2 is 1.78 bits per heavy atom. The lowest BCUT2D eigenvalue weighted by molar-refractivity contribution is -0.116. The molecule has 2 N–H and O–H groups in total. The number of carbonyl (C=O) groups excluding carboxylic acids is 1. The highest BCUT2D eigenvalue weighted by Crippen LogP contribution is 2.39. The van der Waals surface area contributed by atoms with Crippen molar-refractivity contribution in [2.75, 3.05) is 11.9 Å². The number of pyridine rings is 2. The molecule has 1 aliphatic heterocycles. The highest BCUT2D eigenvalue weighted by molar-refractivity contribution is 7.80. The molecule has 3 aromatic heterocycles. The van der Waals surface area contributed by atoms with Crippen LogP contribution in [0, 0.1) is 5.82 Å². The summed E-state index contributed by atoms with van der Waals surface area (Å²) in [5, 5.41) is 6.60. The van der Waals surface area contributed by atoms with Gasteiger partial charge in [-0.3, -0.25) is 14.8 Å². The third-order valence-corrected chi connectivity index (χ3v) is 6.50. The number of aromatic nitrogens is 3. The van der Waals surface area contributed by atoms with Gasteiger partial charge in [0.2, 0.25) is 5.91 Å². The van der Waals surface area contributed by atoms with Crippen LogP contribution in [0.4, 0.5) is 10.1 Å². The minimum absolute atomic E-state index is 0.141. The zero-order chi connectivity index (χ0) is 24.9. The van der Waals surface area contributed by atoms with Crippen LogP contribution in [0.25, 0.3) is 0 Å². The number of halogens is 1. The van der Waals surface area contributed by atoms with Gasteiger partial charge in [0.05, 0.1) is 35.7 Å². The fourth-order valence-corrected chi connectivity index (χ4v) is 4.80. The molecule has 4 heterocycles. The van der Waals surface area contributed by atoms with Crippen LogP contribution in [-0.2, 0) is 11.3 Å². The highest BCUT2D eigenvalue weighted by atomic mass is 32.1. The topological polar surface area (TPSA) is 75.1 Å². The molecule has 1 aliphatic rings. The average Bonchev–Trinajstić information content (AvgIpc) is 3.48. The van der Waals surface area contributed by atoms with Crippen molar-refractivity contribution in [1.29, 1.82) is 0 Å². The Morgan fingerprint density at radius 1 is 1.00 bits per heavy atom. The van der Waals surface area contributed by atoms with Crippen molar-refractivity contribution in [1.82, 2.24) is 24.8 Å². The fourth-order valence-electron chi connectivity index (χ4n) is 4.47. The molecule has 0 bridgehead atoms. The Morgan fingerprint density at radius 3 is 2.53 bits per heavy atom. The number of nitrogens with zero attached hydrogens (tertiary/aromatic N) is 4. The Kier molecular flexibility index (Phi) is 6.99. The maximum absolute atomic E-state index is 14.0. The summed E-state index contributed by atoms with van der Waals surface area (Å²) in [6.07, 6.45) is 5.70. The molecule has 0 saturated carbocycles. The lowest BCUT2D eigenvalue weighted by atomic mass is 10.0. The molecule has 0 aliphatic carbocycles. The smallest absolute Gasteiger partial charge is 0.226 e. The van der Waals surface area contributed by atoms with Gasteiger partial charge in [-0.25, -0.2) is 4.39 Å². The molecule has 182 valence electrons. The second-order valence-electron chi connectivity index (χ2n) is 8.48. The van der Waals surface area contributed by atoms with E-state index < -0.39 is 5.82 Å². The summed E-state index contributed by atoms with van der Waals surface area (Å²) in [7, 11) is 0. The number of nitrogens with one attached hydrogen (secondary N) is 2. The van der Waals surface area contributed by atoms with Gasteiger partial charge in [-0.2, -0.15) is 0 Å². The number of hydrogen-bond donors (Lipinski definition) is 2. The quantitative estimate of drug-likeness (QED) is 0.348. The number of hydrogen-bond acceptors (Lipinski definition) is 4. The Labute approximate surface area is 214 Å². The van der Waals surface area contributed by atoms with E-state index >= 15 is 0 Å². The first-order valence-corrected chi connectivity index (χ1v) is 12.1. The van der Waals surface area contributed by atoms with Crippen LogP contribution in [0.5, 0.6) is 0 Å². The van der Waals surface area contributed by atoms with E-state index in [1.807, 2.05) is 53.6 Å². The number of thiocarbonyl (C=S) groups is 1. The van der Waals surface area contributed by atoms with Gasteiger partial charge in [0.25, 0.3) is 0 Å². The molecular weight excluding hydrogens is 475 g/mol. The number of anilines is 1. The Bertz CT molecular complexity index is 1350. The molecule has 1 saturated heterocycles.